The van der Waals surface area contributed by atoms with Gasteiger partial charge in [0.25, 0.3) is 0 Å². The van der Waals surface area contributed by atoms with Crippen LogP contribution in [0.5, 0.6) is 0 Å². The van der Waals surface area contributed by atoms with Gasteiger partial charge in [0.15, 0.2) is 0 Å². The zero-order valence-corrected chi connectivity index (χ0v) is 11.8. The van der Waals surface area contributed by atoms with Crippen molar-refractivity contribution in [3.05, 3.63) is 0 Å². The second-order valence-electron chi connectivity index (χ2n) is 4.68. The van der Waals surface area contributed by atoms with Crippen LogP contribution in [0.2, 0.25) is 0 Å². The summed E-state index contributed by atoms with van der Waals surface area (Å²) in [6, 6.07) is 0.431. The van der Waals surface area contributed by atoms with Gasteiger partial charge in [0.05, 0.1) is 5.75 Å². The number of methoxy groups -OCH3 is 1. The molecule has 1 rings (SSSR count). The molecule has 1 aliphatic rings. The molecule has 0 aromatic rings. The van der Waals surface area contributed by atoms with Crippen LogP contribution >= 0.6 is 0 Å². The highest BCUT2D eigenvalue weighted by Crippen LogP contribution is 2.19. The highest BCUT2D eigenvalue weighted by molar-refractivity contribution is 7.89. The third-order valence-electron chi connectivity index (χ3n) is 3.38. The molecule has 0 aromatic carbocycles. The average Bonchev–Trinajstić information content (AvgIpc) is 2.29. The van der Waals surface area contributed by atoms with Crippen LogP contribution in [0.3, 0.4) is 0 Å². The van der Waals surface area contributed by atoms with Crippen LogP contribution in [-0.2, 0) is 14.8 Å². The lowest BCUT2D eigenvalue weighted by Gasteiger charge is -2.36. The van der Waals surface area contributed by atoms with Crippen LogP contribution in [0.1, 0.15) is 19.8 Å². The molecule has 0 aromatic heterocycles. The molecule has 2 unspecified atom stereocenters. The van der Waals surface area contributed by atoms with Gasteiger partial charge in [-0.2, -0.15) is 0 Å². The second-order valence-corrected chi connectivity index (χ2v) is 6.77. The van der Waals surface area contributed by atoms with Crippen LogP contribution in [0.25, 0.3) is 0 Å². The number of sulfonamides is 1. The van der Waals surface area contributed by atoms with Crippen molar-refractivity contribution in [3.8, 4) is 0 Å². The Morgan fingerprint density at radius 2 is 2.18 bits per heavy atom. The van der Waals surface area contributed by atoms with E-state index in [1.165, 1.54) is 0 Å². The lowest BCUT2D eigenvalue weighted by molar-refractivity contribution is 0.197. The number of piperidine rings is 1. The van der Waals surface area contributed by atoms with Crippen LogP contribution in [0, 0.1) is 5.92 Å². The van der Waals surface area contributed by atoms with Crippen LogP contribution in [-0.4, -0.2) is 58.4 Å². The molecule has 6 heteroatoms. The third-order valence-corrected chi connectivity index (χ3v) is 5.31. The maximum Gasteiger partial charge on any atom is 0.214 e. The van der Waals surface area contributed by atoms with Crippen molar-refractivity contribution in [2.75, 3.05) is 39.6 Å². The number of hydrogen-bond acceptors (Lipinski definition) is 4. The summed E-state index contributed by atoms with van der Waals surface area (Å²) in [5.41, 5.74) is 0. The predicted molar refractivity (Wildman–Crippen MR) is 68.5 cm³/mol. The molecule has 17 heavy (non-hydrogen) atoms. The van der Waals surface area contributed by atoms with E-state index in [-0.39, 0.29) is 5.75 Å². The van der Waals surface area contributed by atoms with Crippen LogP contribution < -0.4 is 5.32 Å². The van der Waals surface area contributed by atoms with Crippen molar-refractivity contribution in [2.24, 2.45) is 5.92 Å². The Morgan fingerprint density at radius 1 is 1.47 bits per heavy atom. The minimum atomic E-state index is -3.09. The molecule has 102 valence electrons. The normalized spacial score (nSPS) is 27.2. The number of hydrogen-bond donors (Lipinski definition) is 1. The van der Waals surface area contributed by atoms with Gasteiger partial charge >= 0.3 is 0 Å². The van der Waals surface area contributed by atoms with Gasteiger partial charge in [0.1, 0.15) is 0 Å². The average molecular weight is 264 g/mol. The molecule has 5 nitrogen and oxygen atoms in total. The van der Waals surface area contributed by atoms with Gasteiger partial charge in [0, 0.05) is 32.8 Å². The molecule has 0 bridgehead atoms. The molecule has 0 amide bonds. The van der Waals surface area contributed by atoms with Gasteiger partial charge in [-0.3, -0.25) is 0 Å². The maximum atomic E-state index is 12.1. The standard InChI is InChI=1S/C11H24N2O3S/c1-10-9-13(6-5-11(10)12-2)17(14,15)8-4-7-16-3/h10-12H,4-9H2,1-3H3. The Bertz CT molecular complexity index is 319. The summed E-state index contributed by atoms with van der Waals surface area (Å²) < 4.78 is 30.6. The highest BCUT2D eigenvalue weighted by atomic mass is 32.2. The number of nitrogens with one attached hydrogen (secondary N) is 1. The first-order valence-electron chi connectivity index (χ1n) is 6.15. The molecular formula is C11H24N2O3S. The summed E-state index contributed by atoms with van der Waals surface area (Å²) in [6.45, 7) is 3.85. The lowest BCUT2D eigenvalue weighted by atomic mass is 9.96. The van der Waals surface area contributed by atoms with Crippen molar-refractivity contribution in [2.45, 2.75) is 25.8 Å². The van der Waals surface area contributed by atoms with Crippen molar-refractivity contribution < 1.29 is 13.2 Å². The largest absolute Gasteiger partial charge is 0.385 e. The third kappa shape index (κ3) is 4.21. The van der Waals surface area contributed by atoms with Gasteiger partial charge in [-0.15, -0.1) is 0 Å². The molecule has 2 atom stereocenters. The van der Waals surface area contributed by atoms with E-state index in [1.807, 2.05) is 7.05 Å². The van der Waals surface area contributed by atoms with E-state index in [4.69, 9.17) is 4.74 Å². The van der Waals surface area contributed by atoms with Gasteiger partial charge in [-0.25, -0.2) is 12.7 Å². The molecule has 1 saturated heterocycles. The number of rotatable bonds is 6. The molecule has 1 heterocycles. The topological polar surface area (TPSA) is 58.6 Å². The van der Waals surface area contributed by atoms with Gasteiger partial charge in [0.2, 0.25) is 10.0 Å². The maximum absolute atomic E-state index is 12.1. The summed E-state index contributed by atoms with van der Waals surface area (Å²) in [7, 11) is 0.430. The predicted octanol–water partition coefficient (Wildman–Crippen LogP) is 0.283. The Morgan fingerprint density at radius 3 is 2.71 bits per heavy atom. The smallest absolute Gasteiger partial charge is 0.214 e. The van der Waals surface area contributed by atoms with E-state index in [0.29, 0.717) is 38.1 Å². The van der Waals surface area contributed by atoms with E-state index in [9.17, 15) is 8.42 Å². The molecule has 1 aliphatic heterocycles. The monoisotopic (exact) mass is 264 g/mol. The Hall–Kier alpha value is -0.170. The first-order chi connectivity index (χ1) is 8.01. The minimum absolute atomic E-state index is 0.192. The molecular weight excluding hydrogens is 240 g/mol. The summed E-state index contributed by atoms with van der Waals surface area (Å²) in [5.74, 6) is 0.559. The second kappa shape index (κ2) is 6.68. The molecule has 0 aliphatic carbocycles. The molecule has 1 fully saturated rings. The van der Waals surface area contributed by atoms with Crippen molar-refractivity contribution in [1.29, 1.82) is 0 Å². The summed E-state index contributed by atoms with van der Waals surface area (Å²) in [5, 5.41) is 3.24. The Labute approximate surface area is 105 Å². The lowest BCUT2D eigenvalue weighted by Crippen LogP contribution is -2.49. The van der Waals surface area contributed by atoms with Gasteiger partial charge in [-0.1, -0.05) is 6.92 Å². The summed E-state index contributed by atoms with van der Waals surface area (Å²) in [6.07, 6.45) is 1.46. The van der Waals surface area contributed by atoms with Crippen molar-refractivity contribution in [3.63, 3.8) is 0 Å². The fraction of sp³-hybridized carbons (Fsp3) is 1.00. The highest BCUT2D eigenvalue weighted by Gasteiger charge is 2.31. The summed E-state index contributed by atoms with van der Waals surface area (Å²) in [4.78, 5) is 0. The SMILES string of the molecule is CNC1CCN(S(=O)(=O)CCCOC)CC1C. The Kier molecular flexibility index (Phi) is 5.85. The zero-order valence-electron chi connectivity index (χ0n) is 11.0. The van der Waals surface area contributed by atoms with E-state index in [2.05, 4.69) is 12.2 Å². The minimum Gasteiger partial charge on any atom is -0.385 e. The first-order valence-corrected chi connectivity index (χ1v) is 7.76. The fourth-order valence-corrected chi connectivity index (χ4v) is 3.89. The van der Waals surface area contributed by atoms with Crippen LogP contribution in [0.15, 0.2) is 0 Å². The van der Waals surface area contributed by atoms with Gasteiger partial charge < -0.3 is 10.1 Å². The van der Waals surface area contributed by atoms with E-state index in [0.717, 1.165) is 6.42 Å². The Balaban J connectivity index is 2.50. The number of nitrogens with zero attached hydrogens (tertiary/aromatic N) is 1. The first kappa shape index (κ1) is 14.9. The van der Waals surface area contributed by atoms with E-state index < -0.39 is 10.0 Å². The van der Waals surface area contributed by atoms with E-state index in [1.54, 1.807) is 11.4 Å². The fourth-order valence-electron chi connectivity index (χ4n) is 2.30. The zero-order chi connectivity index (χ0) is 12.9. The van der Waals surface area contributed by atoms with E-state index >= 15 is 0 Å². The number of ether oxygens (including phenoxy) is 1. The summed E-state index contributed by atoms with van der Waals surface area (Å²) >= 11 is 0. The van der Waals surface area contributed by atoms with Crippen molar-refractivity contribution >= 4 is 10.0 Å². The molecule has 1 N–H and O–H groups in total. The molecule has 0 saturated carbocycles. The molecule has 0 spiro atoms. The van der Waals surface area contributed by atoms with Gasteiger partial charge in [-0.05, 0) is 25.8 Å². The quantitative estimate of drug-likeness (QED) is 0.700. The molecule has 0 radical (unpaired) electrons. The van der Waals surface area contributed by atoms with Crippen molar-refractivity contribution in [1.82, 2.24) is 9.62 Å². The van der Waals surface area contributed by atoms with Crippen LogP contribution in [0.4, 0.5) is 0 Å².